The molecule has 80 valence electrons. The van der Waals surface area contributed by atoms with Crippen molar-refractivity contribution < 1.29 is 18.4 Å². The van der Waals surface area contributed by atoms with Crippen LogP contribution < -0.4 is 5.48 Å². The predicted octanol–water partition coefficient (Wildman–Crippen LogP) is 2.57. The highest BCUT2D eigenvalue weighted by atomic mass is 19.4. The molecule has 0 amide bonds. The van der Waals surface area contributed by atoms with Crippen molar-refractivity contribution in [3.05, 3.63) is 29.3 Å². The Hall–Kier alpha value is -1.74. The summed E-state index contributed by atoms with van der Waals surface area (Å²) in [7, 11) is 0. The first-order chi connectivity index (χ1) is 6.99. The van der Waals surface area contributed by atoms with Gasteiger partial charge in [0.2, 0.25) is 0 Å². The van der Waals surface area contributed by atoms with E-state index in [0.29, 0.717) is 5.56 Å². The number of anilines is 1. The predicted molar refractivity (Wildman–Crippen MR) is 46.2 cm³/mol. The summed E-state index contributed by atoms with van der Waals surface area (Å²) < 4.78 is 36.7. The number of benzene rings is 1. The quantitative estimate of drug-likeness (QED) is 0.747. The number of nitrogens with one attached hydrogen (secondary N) is 1. The molecule has 1 aromatic carbocycles. The van der Waals surface area contributed by atoms with E-state index in [0.717, 1.165) is 18.2 Å². The zero-order valence-corrected chi connectivity index (χ0v) is 7.47. The molecule has 0 aliphatic carbocycles. The monoisotopic (exact) mass is 216 g/mol. The van der Waals surface area contributed by atoms with Gasteiger partial charge >= 0.3 is 6.18 Å². The van der Waals surface area contributed by atoms with Crippen LogP contribution in [0.5, 0.6) is 0 Å². The smallest absolute Gasteiger partial charge is 0.291 e. The van der Waals surface area contributed by atoms with Crippen molar-refractivity contribution in [1.82, 2.24) is 0 Å². The Labute approximate surface area is 83.7 Å². The van der Waals surface area contributed by atoms with Gasteiger partial charge in [-0.25, -0.2) is 0 Å². The summed E-state index contributed by atoms with van der Waals surface area (Å²) in [6.45, 7) is 0. The van der Waals surface area contributed by atoms with Gasteiger partial charge in [-0.05, 0) is 17.7 Å². The molecule has 0 atom stereocenters. The van der Waals surface area contributed by atoms with E-state index < -0.39 is 11.7 Å². The minimum atomic E-state index is -4.46. The molecule has 6 heteroatoms. The van der Waals surface area contributed by atoms with Crippen LogP contribution in [0.15, 0.2) is 18.2 Å². The third kappa shape index (κ3) is 2.60. The lowest BCUT2D eigenvalue weighted by Gasteiger charge is -2.10. The first-order valence-electron chi connectivity index (χ1n) is 3.96. The fourth-order valence-corrected chi connectivity index (χ4v) is 1.10. The van der Waals surface area contributed by atoms with Crippen molar-refractivity contribution in [2.24, 2.45) is 0 Å². The number of hydrogen-bond acceptors (Lipinski definition) is 3. The lowest BCUT2D eigenvalue weighted by Crippen LogP contribution is -2.06. The van der Waals surface area contributed by atoms with Crippen LogP contribution in [-0.4, -0.2) is 5.21 Å². The molecular weight excluding hydrogens is 209 g/mol. The molecule has 0 radical (unpaired) electrons. The van der Waals surface area contributed by atoms with Gasteiger partial charge in [-0.3, -0.25) is 10.7 Å². The molecule has 0 fully saturated rings. The highest BCUT2D eigenvalue weighted by Crippen LogP contribution is 2.32. The number of alkyl halides is 3. The molecule has 0 heterocycles. The third-order valence-corrected chi connectivity index (χ3v) is 1.83. The van der Waals surface area contributed by atoms with Gasteiger partial charge < -0.3 is 0 Å². The average Bonchev–Trinajstić information content (AvgIpc) is 2.17. The van der Waals surface area contributed by atoms with E-state index in [1.807, 2.05) is 0 Å². The summed E-state index contributed by atoms with van der Waals surface area (Å²) in [5, 5.41) is 17.0. The van der Waals surface area contributed by atoms with E-state index in [2.05, 4.69) is 0 Å². The molecule has 15 heavy (non-hydrogen) atoms. The number of rotatable bonds is 2. The lowest BCUT2D eigenvalue weighted by atomic mass is 10.1. The molecule has 1 aromatic rings. The lowest BCUT2D eigenvalue weighted by molar-refractivity contribution is -0.137. The molecule has 0 saturated carbocycles. The van der Waals surface area contributed by atoms with Gasteiger partial charge in [0.05, 0.1) is 23.7 Å². The van der Waals surface area contributed by atoms with Gasteiger partial charge in [0.1, 0.15) is 0 Å². The first-order valence-corrected chi connectivity index (χ1v) is 3.96. The van der Waals surface area contributed by atoms with Gasteiger partial charge in [0, 0.05) is 0 Å². The van der Waals surface area contributed by atoms with Crippen LogP contribution in [0, 0.1) is 11.3 Å². The molecule has 0 aliphatic rings. The second kappa shape index (κ2) is 4.19. The summed E-state index contributed by atoms with van der Waals surface area (Å²) >= 11 is 0. The Morgan fingerprint density at radius 3 is 2.53 bits per heavy atom. The van der Waals surface area contributed by atoms with Crippen molar-refractivity contribution in [3.8, 4) is 6.07 Å². The summed E-state index contributed by atoms with van der Waals surface area (Å²) in [5.41, 5.74) is 0.975. The third-order valence-electron chi connectivity index (χ3n) is 1.83. The molecule has 3 nitrogen and oxygen atoms in total. The van der Waals surface area contributed by atoms with Crippen LogP contribution in [0.4, 0.5) is 18.9 Å². The SMILES string of the molecule is N#CCc1ccc(C(F)(F)F)cc1NO. The minimum absolute atomic E-state index is 0.0684. The maximum absolute atomic E-state index is 12.2. The average molecular weight is 216 g/mol. The van der Waals surface area contributed by atoms with E-state index >= 15 is 0 Å². The van der Waals surface area contributed by atoms with Gasteiger partial charge in [0.15, 0.2) is 0 Å². The minimum Gasteiger partial charge on any atom is -0.291 e. The van der Waals surface area contributed by atoms with Crippen LogP contribution in [0.2, 0.25) is 0 Å². The zero-order chi connectivity index (χ0) is 11.5. The summed E-state index contributed by atoms with van der Waals surface area (Å²) in [4.78, 5) is 0. The number of halogens is 3. The molecule has 0 unspecified atom stereocenters. The van der Waals surface area contributed by atoms with Gasteiger partial charge in [-0.1, -0.05) is 6.07 Å². The Balaban J connectivity index is 3.14. The molecular formula is C9H7F3N2O. The van der Waals surface area contributed by atoms with Crippen LogP contribution in [-0.2, 0) is 12.6 Å². The van der Waals surface area contributed by atoms with E-state index in [9.17, 15) is 13.2 Å². The van der Waals surface area contributed by atoms with E-state index in [1.54, 1.807) is 11.5 Å². The van der Waals surface area contributed by atoms with E-state index in [-0.39, 0.29) is 12.1 Å². The van der Waals surface area contributed by atoms with Crippen LogP contribution >= 0.6 is 0 Å². The standard InChI is InChI=1S/C9H7F3N2O/c10-9(11,12)7-2-1-6(3-4-13)8(5-7)14-15/h1-2,5,14-15H,3H2. The fraction of sp³-hybridized carbons (Fsp3) is 0.222. The highest BCUT2D eigenvalue weighted by Gasteiger charge is 2.30. The molecule has 0 aromatic heterocycles. The van der Waals surface area contributed by atoms with Gasteiger partial charge in [-0.15, -0.1) is 0 Å². The van der Waals surface area contributed by atoms with Gasteiger partial charge in [0.25, 0.3) is 0 Å². The van der Waals surface area contributed by atoms with Gasteiger partial charge in [-0.2, -0.15) is 18.4 Å². The van der Waals surface area contributed by atoms with Crippen LogP contribution in [0.25, 0.3) is 0 Å². The molecule has 0 bridgehead atoms. The van der Waals surface area contributed by atoms with Crippen LogP contribution in [0.1, 0.15) is 11.1 Å². The highest BCUT2D eigenvalue weighted by molar-refractivity contribution is 5.53. The van der Waals surface area contributed by atoms with E-state index in [1.165, 1.54) is 0 Å². The summed E-state index contributed by atoms with van der Waals surface area (Å²) in [6.07, 6.45) is -4.53. The normalized spacial score (nSPS) is 10.9. The molecule has 1 rings (SSSR count). The van der Waals surface area contributed by atoms with Crippen molar-refractivity contribution in [2.45, 2.75) is 12.6 Å². The van der Waals surface area contributed by atoms with Crippen molar-refractivity contribution >= 4 is 5.69 Å². The molecule has 0 saturated heterocycles. The van der Waals surface area contributed by atoms with Crippen molar-refractivity contribution in [3.63, 3.8) is 0 Å². The summed E-state index contributed by atoms with van der Waals surface area (Å²) in [6, 6.07) is 4.57. The second-order valence-electron chi connectivity index (χ2n) is 2.82. The van der Waals surface area contributed by atoms with E-state index in [4.69, 9.17) is 10.5 Å². The summed E-state index contributed by atoms with van der Waals surface area (Å²) in [5.74, 6) is 0. The Kier molecular flexibility index (Phi) is 3.17. The number of hydrogen-bond donors (Lipinski definition) is 2. The topological polar surface area (TPSA) is 56.0 Å². The second-order valence-corrected chi connectivity index (χ2v) is 2.82. The molecule has 0 aliphatic heterocycles. The molecule has 2 N–H and O–H groups in total. The fourth-order valence-electron chi connectivity index (χ4n) is 1.10. The van der Waals surface area contributed by atoms with Crippen molar-refractivity contribution in [1.29, 1.82) is 5.26 Å². The van der Waals surface area contributed by atoms with Crippen molar-refractivity contribution in [2.75, 3.05) is 5.48 Å². The Morgan fingerprint density at radius 1 is 1.40 bits per heavy atom. The maximum Gasteiger partial charge on any atom is 0.416 e. The maximum atomic E-state index is 12.2. The Morgan fingerprint density at radius 2 is 2.07 bits per heavy atom. The molecule has 0 spiro atoms. The zero-order valence-electron chi connectivity index (χ0n) is 7.47. The van der Waals surface area contributed by atoms with Crippen LogP contribution in [0.3, 0.4) is 0 Å². The number of nitrogens with zero attached hydrogens (tertiary/aromatic N) is 1. The number of nitriles is 1. The first kappa shape index (κ1) is 11.3. The largest absolute Gasteiger partial charge is 0.416 e. The Bertz CT molecular complexity index is 395.